The molecule has 0 atom stereocenters. The molecule has 2 amide bonds. The molecule has 0 radical (unpaired) electrons. The quantitative estimate of drug-likeness (QED) is 0.295. The number of hydrogen-bond donors (Lipinski definition) is 2. The van der Waals surface area contributed by atoms with Gasteiger partial charge in [0.1, 0.15) is 0 Å². The third kappa shape index (κ3) is 4.28. The summed E-state index contributed by atoms with van der Waals surface area (Å²) < 4.78 is 0. The number of rotatable bonds is 4. The molecule has 8 heteroatoms. The number of amides is 2. The normalized spacial score (nSPS) is 11.9. The van der Waals surface area contributed by atoms with Crippen molar-refractivity contribution >= 4 is 58.0 Å². The van der Waals surface area contributed by atoms with E-state index in [2.05, 4.69) is 10.6 Å². The zero-order chi connectivity index (χ0) is 25.4. The summed E-state index contributed by atoms with van der Waals surface area (Å²) in [5.74, 6) is -1.60. The van der Waals surface area contributed by atoms with Crippen molar-refractivity contribution in [2.24, 2.45) is 0 Å². The lowest BCUT2D eigenvalue weighted by molar-refractivity contribution is 0.0979. The summed E-state index contributed by atoms with van der Waals surface area (Å²) in [5, 5.41) is 6.02. The van der Waals surface area contributed by atoms with Crippen LogP contribution in [0.3, 0.4) is 0 Å². The molecule has 0 bridgehead atoms. The molecule has 2 N–H and O–H groups in total. The van der Waals surface area contributed by atoms with Gasteiger partial charge in [-0.15, -0.1) is 0 Å². The number of carbonyl (C=O) groups is 4. The van der Waals surface area contributed by atoms with Gasteiger partial charge in [0.05, 0.1) is 21.2 Å². The fraction of sp³-hybridized carbons (Fsp3) is 0. The van der Waals surface area contributed by atoms with Crippen LogP contribution in [0.4, 0.5) is 11.4 Å². The van der Waals surface area contributed by atoms with Crippen LogP contribution in [0.25, 0.3) is 0 Å². The summed E-state index contributed by atoms with van der Waals surface area (Å²) in [7, 11) is 0. The van der Waals surface area contributed by atoms with Gasteiger partial charge in [0.2, 0.25) is 0 Å². The van der Waals surface area contributed by atoms with Gasteiger partial charge < -0.3 is 10.6 Å². The summed E-state index contributed by atoms with van der Waals surface area (Å²) in [4.78, 5) is 51.7. The van der Waals surface area contributed by atoms with E-state index in [1.54, 1.807) is 60.7 Å². The number of ketones is 2. The van der Waals surface area contributed by atoms with E-state index in [9.17, 15) is 19.2 Å². The number of anilines is 2. The van der Waals surface area contributed by atoms with Crippen molar-refractivity contribution in [3.05, 3.63) is 128 Å². The molecule has 4 aromatic rings. The highest BCUT2D eigenvalue weighted by Crippen LogP contribution is 2.31. The van der Waals surface area contributed by atoms with E-state index in [0.29, 0.717) is 21.4 Å². The highest BCUT2D eigenvalue weighted by molar-refractivity contribution is 6.35. The van der Waals surface area contributed by atoms with Gasteiger partial charge in [0.15, 0.2) is 11.6 Å². The van der Waals surface area contributed by atoms with Gasteiger partial charge in [-0.1, -0.05) is 47.5 Å². The van der Waals surface area contributed by atoms with Crippen LogP contribution < -0.4 is 10.6 Å². The van der Waals surface area contributed by atoms with E-state index < -0.39 is 11.8 Å². The molecule has 0 heterocycles. The Labute approximate surface area is 215 Å². The molecule has 0 unspecified atom stereocenters. The van der Waals surface area contributed by atoms with Crippen LogP contribution in [0.15, 0.2) is 84.9 Å². The lowest BCUT2D eigenvalue weighted by Crippen LogP contribution is -2.22. The highest BCUT2D eigenvalue weighted by Gasteiger charge is 2.30. The summed E-state index contributed by atoms with van der Waals surface area (Å²) in [6, 6.07) is 22.2. The maximum absolute atomic E-state index is 13.2. The minimum atomic E-state index is -0.436. The Hall–Kier alpha value is -4.26. The first-order valence-electron chi connectivity index (χ1n) is 10.8. The first kappa shape index (κ1) is 23.5. The third-order valence-corrected chi connectivity index (χ3v) is 6.43. The van der Waals surface area contributed by atoms with Crippen LogP contribution in [-0.2, 0) is 0 Å². The molecule has 0 aliphatic heterocycles. The molecule has 1 aliphatic carbocycles. The number of fused-ring (bicyclic) bond motifs is 2. The second-order valence-electron chi connectivity index (χ2n) is 8.05. The zero-order valence-electron chi connectivity index (χ0n) is 18.5. The van der Waals surface area contributed by atoms with Crippen LogP contribution >= 0.6 is 23.2 Å². The lowest BCUT2D eigenvalue weighted by Gasteiger charge is -2.19. The smallest absolute Gasteiger partial charge is 0.257 e. The van der Waals surface area contributed by atoms with Crippen LogP contribution in [0.1, 0.15) is 52.6 Å². The molecule has 1 aliphatic rings. The minimum absolute atomic E-state index is 0.178. The molecule has 36 heavy (non-hydrogen) atoms. The fourth-order valence-corrected chi connectivity index (χ4v) is 4.44. The van der Waals surface area contributed by atoms with Crippen molar-refractivity contribution in [2.75, 3.05) is 10.6 Å². The lowest BCUT2D eigenvalue weighted by atomic mass is 9.83. The molecule has 0 aromatic heterocycles. The van der Waals surface area contributed by atoms with Gasteiger partial charge in [-0.05, 0) is 60.7 Å². The molecule has 6 nitrogen and oxygen atoms in total. The van der Waals surface area contributed by atoms with Crippen molar-refractivity contribution in [1.82, 2.24) is 0 Å². The largest absolute Gasteiger partial charge is 0.322 e. The van der Waals surface area contributed by atoms with Crippen LogP contribution in [0.5, 0.6) is 0 Å². The van der Waals surface area contributed by atoms with Crippen molar-refractivity contribution < 1.29 is 19.2 Å². The Bertz CT molecular complexity index is 1480. The SMILES string of the molecule is O=C(Nc1ccc2c(c1)C(=O)c1ccc(NC(=O)c3ccccc3Cl)cc1C2=O)c1ccccc1Cl. The van der Waals surface area contributed by atoms with E-state index in [1.807, 2.05) is 0 Å². The Balaban J connectivity index is 1.41. The van der Waals surface area contributed by atoms with Gasteiger partial charge in [-0.25, -0.2) is 0 Å². The number of nitrogens with one attached hydrogen (secondary N) is 2. The number of halogens is 2. The highest BCUT2D eigenvalue weighted by atomic mass is 35.5. The van der Waals surface area contributed by atoms with E-state index in [0.717, 1.165) is 0 Å². The summed E-state index contributed by atoms with van der Waals surface area (Å²) in [5.41, 5.74) is 2.05. The average Bonchev–Trinajstić information content (AvgIpc) is 2.87. The monoisotopic (exact) mass is 514 g/mol. The molecular weight excluding hydrogens is 499 g/mol. The van der Waals surface area contributed by atoms with E-state index >= 15 is 0 Å². The third-order valence-electron chi connectivity index (χ3n) is 5.77. The molecule has 4 aromatic carbocycles. The topological polar surface area (TPSA) is 92.3 Å². The predicted molar refractivity (Wildman–Crippen MR) is 139 cm³/mol. The summed E-state index contributed by atoms with van der Waals surface area (Å²) >= 11 is 12.2. The number of carbonyl (C=O) groups excluding carboxylic acids is 4. The standard InChI is InChI=1S/C28H16Cl2N2O4/c29-23-7-3-1-5-19(23)27(35)31-15-9-11-17-21(13-15)25(33)18-12-10-16(14-22(18)26(17)34)32-28(36)20-6-2-4-8-24(20)30/h1-14H,(H,31,35)(H,32,36). The predicted octanol–water partition coefficient (Wildman–Crippen LogP) is 6.27. The summed E-state index contributed by atoms with van der Waals surface area (Å²) in [6.45, 7) is 0. The molecular formula is C28H16Cl2N2O4. The average molecular weight is 515 g/mol. The molecule has 176 valence electrons. The molecule has 0 saturated carbocycles. The van der Waals surface area contributed by atoms with Gasteiger partial charge in [0, 0.05) is 33.6 Å². The van der Waals surface area contributed by atoms with Crippen LogP contribution in [0, 0.1) is 0 Å². The molecule has 0 fully saturated rings. The second kappa shape index (κ2) is 9.41. The fourth-order valence-electron chi connectivity index (χ4n) is 3.99. The first-order valence-corrected chi connectivity index (χ1v) is 11.6. The maximum atomic E-state index is 13.2. The van der Waals surface area contributed by atoms with Crippen molar-refractivity contribution in [1.29, 1.82) is 0 Å². The Morgan fingerprint density at radius 2 is 0.917 bits per heavy atom. The van der Waals surface area contributed by atoms with Crippen molar-refractivity contribution in [3.8, 4) is 0 Å². The van der Waals surface area contributed by atoms with Gasteiger partial charge in [0.25, 0.3) is 11.8 Å². The van der Waals surface area contributed by atoms with E-state index in [1.165, 1.54) is 24.3 Å². The maximum Gasteiger partial charge on any atom is 0.257 e. The molecule has 0 spiro atoms. The van der Waals surface area contributed by atoms with E-state index in [4.69, 9.17) is 23.2 Å². The van der Waals surface area contributed by atoms with E-state index in [-0.39, 0.29) is 44.9 Å². The number of benzene rings is 4. The van der Waals surface area contributed by atoms with Crippen LogP contribution in [-0.4, -0.2) is 23.4 Å². The van der Waals surface area contributed by atoms with Crippen molar-refractivity contribution in [3.63, 3.8) is 0 Å². The molecule has 5 rings (SSSR count). The Morgan fingerprint density at radius 1 is 0.528 bits per heavy atom. The Kier molecular flexibility index (Phi) is 6.14. The van der Waals surface area contributed by atoms with Gasteiger partial charge in [-0.3, -0.25) is 19.2 Å². The molecule has 0 saturated heterocycles. The van der Waals surface area contributed by atoms with Crippen LogP contribution in [0.2, 0.25) is 10.0 Å². The second-order valence-corrected chi connectivity index (χ2v) is 8.86. The minimum Gasteiger partial charge on any atom is -0.322 e. The van der Waals surface area contributed by atoms with Crippen molar-refractivity contribution in [2.45, 2.75) is 0 Å². The Morgan fingerprint density at radius 3 is 1.31 bits per heavy atom. The van der Waals surface area contributed by atoms with Gasteiger partial charge >= 0.3 is 0 Å². The van der Waals surface area contributed by atoms with Gasteiger partial charge in [-0.2, -0.15) is 0 Å². The number of hydrogen-bond acceptors (Lipinski definition) is 4. The first-order chi connectivity index (χ1) is 17.3. The zero-order valence-corrected chi connectivity index (χ0v) is 20.0. The summed E-state index contributed by atoms with van der Waals surface area (Å²) in [6.07, 6.45) is 0.